The van der Waals surface area contributed by atoms with Crippen LogP contribution in [0.5, 0.6) is 0 Å². The van der Waals surface area contributed by atoms with Crippen molar-refractivity contribution in [3.63, 3.8) is 0 Å². The second-order valence-corrected chi connectivity index (χ2v) is 9.32. The summed E-state index contributed by atoms with van der Waals surface area (Å²) in [5.74, 6) is 2.67. The van der Waals surface area contributed by atoms with Crippen molar-refractivity contribution in [3.05, 3.63) is 24.2 Å². The van der Waals surface area contributed by atoms with Gasteiger partial charge in [-0.05, 0) is 57.3 Å². The Morgan fingerprint density at radius 3 is 2.93 bits per heavy atom. The van der Waals surface area contributed by atoms with Gasteiger partial charge in [-0.2, -0.15) is 0 Å². The molecule has 1 aromatic heterocycles. The maximum Gasteiger partial charge on any atom is 0.191 e. The fourth-order valence-electron chi connectivity index (χ4n) is 6.23. The van der Waals surface area contributed by atoms with Crippen molar-refractivity contribution in [2.45, 2.75) is 70.1 Å². The van der Waals surface area contributed by atoms with Gasteiger partial charge in [0.15, 0.2) is 5.96 Å². The Bertz CT molecular complexity index is 706. The first-order chi connectivity index (χ1) is 14.3. The molecule has 2 saturated heterocycles. The van der Waals surface area contributed by atoms with Crippen LogP contribution in [0.4, 0.5) is 0 Å². The monoisotopic (exact) mass is 528 g/mol. The fraction of sp³-hybridized carbons (Fsp3) is 0.783. The molecule has 4 fully saturated rings. The zero-order valence-corrected chi connectivity index (χ0v) is 20.5. The summed E-state index contributed by atoms with van der Waals surface area (Å²) in [6, 6.07) is 5.10. The van der Waals surface area contributed by atoms with Crippen molar-refractivity contribution >= 4 is 29.9 Å². The number of hydrogen-bond donors (Lipinski definition) is 2. The molecule has 4 atom stereocenters. The standard InChI is InChI=1S/C23H36N4O2.HI/c1-2-27-13-3-6-17(27)16-25-22(24-12-8-18-7-4-14-28-18)26-20-19-9-15-29-21(19)23(20)10-5-11-23;/h4,7,14,17,19-21H,2-3,5-6,8-13,15-16H2,1H3,(H2,24,25,26);1H. The molecule has 2 aliphatic heterocycles. The molecule has 4 aliphatic rings. The SMILES string of the molecule is CCN1CCCC1CN=C(NCCc1ccco1)NC1C2CCOC2C12CCC2.I. The Hall–Kier alpha value is -0.800. The first-order valence-electron chi connectivity index (χ1n) is 11.7. The lowest BCUT2D eigenvalue weighted by Gasteiger charge is -2.63. The van der Waals surface area contributed by atoms with E-state index in [1.165, 1.54) is 45.1 Å². The minimum atomic E-state index is 0. The molecule has 0 radical (unpaired) electrons. The predicted molar refractivity (Wildman–Crippen MR) is 129 cm³/mol. The quantitative estimate of drug-likeness (QED) is 0.323. The van der Waals surface area contributed by atoms with E-state index in [1.54, 1.807) is 6.26 Å². The molecule has 2 aliphatic carbocycles. The van der Waals surface area contributed by atoms with Gasteiger partial charge >= 0.3 is 0 Å². The maximum absolute atomic E-state index is 6.10. The van der Waals surface area contributed by atoms with Gasteiger partial charge in [-0.3, -0.25) is 9.89 Å². The van der Waals surface area contributed by atoms with Gasteiger partial charge in [-0.1, -0.05) is 13.3 Å². The van der Waals surface area contributed by atoms with Crippen molar-refractivity contribution in [1.29, 1.82) is 0 Å². The van der Waals surface area contributed by atoms with Crippen molar-refractivity contribution in [2.24, 2.45) is 16.3 Å². The van der Waals surface area contributed by atoms with Gasteiger partial charge in [-0.15, -0.1) is 24.0 Å². The van der Waals surface area contributed by atoms with Crippen molar-refractivity contribution in [1.82, 2.24) is 15.5 Å². The lowest BCUT2D eigenvalue weighted by atomic mass is 9.46. The number of nitrogens with one attached hydrogen (secondary N) is 2. The average molecular weight is 528 g/mol. The highest BCUT2D eigenvalue weighted by molar-refractivity contribution is 14.0. The van der Waals surface area contributed by atoms with E-state index >= 15 is 0 Å². The fourth-order valence-corrected chi connectivity index (χ4v) is 6.23. The molecule has 2 saturated carbocycles. The topological polar surface area (TPSA) is 62.0 Å². The number of aliphatic imine (C=N–C) groups is 1. The van der Waals surface area contributed by atoms with Gasteiger partial charge in [0, 0.05) is 43.0 Å². The van der Waals surface area contributed by atoms with Crippen LogP contribution in [0, 0.1) is 11.3 Å². The summed E-state index contributed by atoms with van der Waals surface area (Å²) in [7, 11) is 0. The highest BCUT2D eigenvalue weighted by Crippen LogP contribution is 2.62. The highest BCUT2D eigenvalue weighted by Gasteiger charge is 2.66. The zero-order valence-electron chi connectivity index (χ0n) is 18.1. The van der Waals surface area contributed by atoms with Crippen LogP contribution in [-0.2, 0) is 11.2 Å². The third-order valence-electron chi connectivity index (χ3n) is 7.94. The van der Waals surface area contributed by atoms with Crippen LogP contribution in [0.15, 0.2) is 27.8 Å². The normalized spacial score (nSPS) is 32.2. The average Bonchev–Trinajstić information content (AvgIpc) is 3.43. The number of fused-ring (bicyclic) bond motifs is 2. The van der Waals surface area contributed by atoms with Crippen LogP contribution in [0.3, 0.4) is 0 Å². The molecule has 0 aromatic carbocycles. The number of nitrogens with zero attached hydrogens (tertiary/aromatic N) is 2. The summed E-state index contributed by atoms with van der Waals surface area (Å²) in [4.78, 5) is 7.64. The van der Waals surface area contributed by atoms with E-state index < -0.39 is 0 Å². The molecule has 1 aromatic rings. The molecule has 0 amide bonds. The number of halogens is 1. The first kappa shape index (κ1) is 22.4. The third-order valence-corrected chi connectivity index (χ3v) is 7.94. The molecule has 30 heavy (non-hydrogen) atoms. The molecule has 5 rings (SSSR count). The van der Waals surface area contributed by atoms with Gasteiger partial charge in [-0.25, -0.2) is 0 Å². The number of ether oxygens (including phenoxy) is 1. The van der Waals surface area contributed by atoms with E-state index in [0.717, 1.165) is 44.4 Å². The van der Waals surface area contributed by atoms with Crippen LogP contribution in [0.1, 0.15) is 51.2 Å². The van der Waals surface area contributed by atoms with Gasteiger partial charge in [0.2, 0.25) is 0 Å². The molecule has 6 nitrogen and oxygen atoms in total. The minimum absolute atomic E-state index is 0. The van der Waals surface area contributed by atoms with Gasteiger partial charge < -0.3 is 19.8 Å². The number of hydrogen-bond acceptors (Lipinski definition) is 4. The molecular weight excluding hydrogens is 491 g/mol. The van der Waals surface area contributed by atoms with Crippen LogP contribution in [0.25, 0.3) is 0 Å². The molecule has 4 unspecified atom stereocenters. The van der Waals surface area contributed by atoms with E-state index in [2.05, 4.69) is 22.5 Å². The van der Waals surface area contributed by atoms with E-state index in [9.17, 15) is 0 Å². The van der Waals surface area contributed by atoms with Crippen molar-refractivity contribution in [3.8, 4) is 0 Å². The number of guanidine groups is 1. The molecule has 3 heterocycles. The molecule has 168 valence electrons. The van der Waals surface area contributed by atoms with Crippen molar-refractivity contribution in [2.75, 3.05) is 32.8 Å². The summed E-state index contributed by atoms with van der Waals surface area (Å²) in [6.45, 7) is 7.26. The Labute approximate surface area is 197 Å². The van der Waals surface area contributed by atoms with Crippen LogP contribution < -0.4 is 10.6 Å². The maximum atomic E-state index is 6.10. The molecular formula is C23H37IN4O2. The first-order valence-corrected chi connectivity index (χ1v) is 11.7. The van der Waals surface area contributed by atoms with Crippen LogP contribution in [0.2, 0.25) is 0 Å². The van der Waals surface area contributed by atoms with Crippen LogP contribution in [-0.4, -0.2) is 61.8 Å². The van der Waals surface area contributed by atoms with E-state index in [0.29, 0.717) is 29.5 Å². The van der Waals surface area contributed by atoms with Gasteiger partial charge in [0.25, 0.3) is 0 Å². The van der Waals surface area contributed by atoms with E-state index in [1.807, 2.05) is 12.1 Å². The number of likely N-dealkylation sites (N-methyl/N-ethyl adjacent to an activating group) is 1. The Morgan fingerprint density at radius 1 is 1.30 bits per heavy atom. The predicted octanol–water partition coefficient (Wildman–Crippen LogP) is 3.42. The number of likely N-dealkylation sites (tertiary alicyclic amines) is 1. The molecule has 0 bridgehead atoms. The smallest absolute Gasteiger partial charge is 0.191 e. The summed E-state index contributed by atoms with van der Waals surface area (Å²) in [6.07, 6.45) is 10.8. The van der Waals surface area contributed by atoms with E-state index in [-0.39, 0.29) is 24.0 Å². The summed E-state index contributed by atoms with van der Waals surface area (Å²) >= 11 is 0. The lowest BCUT2D eigenvalue weighted by Crippen LogP contribution is -2.72. The Balaban J connectivity index is 0.00000218. The third kappa shape index (κ3) is 4.13. The molecule has 1 spiro atoms. The Kier molecular flexibility index (Phi) is 7.30. The largest absolute Gasteiger partial charge is 0.469 e. The van der Waals surface area contributed by atoms with Gasteiger partial charge in [0.05, 0.1) is 18.9 Å². The molecule has 7 heteroatoms. The highest BCUT2D eigenvalue weighted by atomic mass is 127. The van der Waals surface area contributed by atoms with E-state index in [4.69, 9.17) is 14.1 Å². The summed E-state index contributed by atoms with van der Waals surface area (Å²) in [5.41, 5.74) is 0.368. The lowest BCUT2D eigenvalue weighted by molar-refractivity contribution is -0.171. The van der Waals surface area contributed by atoms with Gasteiger partial charge in [0.1, 0.15) is 5.76 Å². The number of rotatable bonds is 7. The second-order valence-electron chi connectivity index (χ2n) is 9.32. The summed E-state index contributed by atoms with van der Waals surface area (Å²) in [5, 5.41) is 7.46. The van der Waals surface area contributed by atoms with Crippen LogP contribution >= 0.6 is 24.0 Å². The second kappa shape index (κ2) is 9.77. The molecule has 2 N–H and O–H groups in total. The number of furan rings is 1. The van der Waals surface area contributed by atoms with Crippen molar-refractivity contribution < 1.29 is 9.15 Å². The minimum Gasteiger partial charge on any atom is -0.469 e. The Morgan fingerprint density at radius 2 is 2.20 bits per heavy atom. The summed E-state index contributed by atoms with van der Waals surface area (Å²) < 4.78 is 11.6. The zero-order chi connectivity index (χ0) is 19.7.